The highest BCUT2D eigenvalue weighted by molar-refractivity contribution is 5.97. The molecule has 1 fully saturated rings. The zero-order chi connectivity index (χ0) is 11.1. The van der Waals surface area contributed by atoms with Crippen LogP contribution in [0.4, 0.5) is 5.69 Å². The molecule has 3 nitrogen and oxygen atoms in total. The molecule has 0 radical (unpaired) electrons. The van der Waals surface area contributed by atoms with Gasteiger partial charge < -0.3 is 10.6 Å². The number of hydrogen-bond acceptors (Lipinski definition) is 2. The maximum atomic E-state index is 12.2. The summed E-state index contributed by atoms with van der Waals surface area (Å²) in [7, 11) is 0. The molecule has 2 aliphatic rings. The van der Waals surface area contributed by atoms with E-state index in [0.717, 1.165) is 36.6 Å². The third-order valence-corrected chi connectivity index (χ3v) is 3.48. The largest absolute Gasteiger partial charge is 0.399 e. The first-order valence-corrected chi connectivity index (χ1v) is 5.92. The highest BCUT2D eigenvalue weighted by Crippen LogP contribution is 2.31. The third-order valence-electron chi connectivity index (χ3n) is 3.48. The minimum Gasteiger partial charge on any atom is -0.399 e. The number of anilines is 1. The van der Waals surface area contributed by atoms with E-state index in [1.807, 2.05) is 23.1 Å². The quantitative estimate of drug-likeness (QED) is 0.764. The fourth-order valence-corrected chi connectivity index (χ4v) is 2.32. The van der Waals surface area contributed by atoms with Crippen molar-refractivity contribution in [3.05, 3.63) is 29.3 Å². The fraction of sp³-hybridized carbons (Fsp3) is 0.462. The smallest absolute Gasteiger partial charge is 0.254 e. The summed E-state index contributed by atoms with van der Waals surface area (Å²) in [6, 6.07) is 5.68. The molecule has 16 heavy (non-hydrogen) atoms. The van der Waals surface area contributed by atoms with Gasteiger partial charge in [0.25, 0.3) is 5.91 Å². The average Bonchev–Trinajstić information content (AvgIpc) is 3.07. The lowest BCUT2D eigenvalue weighted by Crippen LogP contribution is -2.38. The van der Waals surface area contributed by atoms with Crippen LogP contribution in [-0.2, 0) is 6.42 Å². The summed E-state index contributed by atoms with van der Waals surface area (Å²) in [6.45, 7) is 1.80. The number of amides is 1. The Hall–Kier alpha value is -1.51. The van der Waals surface area contributed by atoms with Crippen molar-refractivity contribution >= 4 is 11.6 Å². The topological polar surface area (TPSA) is 46.3 Å². The summed E-state index contributed by atoms with van der Waals surface area (Å²) < 4.78 is 0. The van der Waals surface area contributed by atoms with Crippen molar-refractivity contribution in [1.29, 1.82) is 0 Å². The van der Waals surface area contributed by atoms with E-state index in [1.165, 1.54) is 12.8 Å². The van der Waals surface area contributed by atoms with Crippen molar-refractivity contribution in [3.8, 4) is 0 Å². The van der Waals surface area contributed by atoms with Gasteiger partial charge in [-0.3, -0.25) is 4.79 Å². The molecule has 1 saturated carbocycles. The van der Waals surface area contributed by atoms with Gasteiger partial charge in [-0.25, -0.2) is 0 Å². The van der Waals surface area contributed by atoms with Crippen molar-refractivity contribution in [2.24, 2.45) is 5.92 Å². The van der Waals surface area contributed by atoms with E-state index in [0.29, 0.717) is 5.69 Å². The van der Waals surface area contributed by atoms with Gasteiger partial charge in [-0.15, -0.1) is 0 Å². The van der Waals surface area contributed by atoms with Gasteiger partial charge in [0.05, 0.1) is 0 Å². The Bertz CT molecular complexity index is 438. The van der Waals surface area contributed by atoms with E-state index in [4.69, 9.17) is 5.73 Å². The molecule has 1 heterocycles. The maximum absolute atomic E-state index is 12.2. The summed E-state index contributed by atoms with van der Waals surface area (Å²) in [4.78, 5) is 14.2. The zero-order valence-electron chi connectivity index (χ0n) is 9.28. The van der Waals surface area contributed by atoms with Gasteiger partial charge >= 0.3 is 0 Å². The van der Waals surface area contributed by atoms with Crippen molar-refractivity contribution in [3.63, 3.8) is 0 Å². The molecule has 1 aromatic rings. The minimum absolute atomic E-state index is 0.167. The Morgan fingerprint density at radius 2 is 2.19 bits per heavy atom. The number of benzene rings is 1. The molecular formula is C13H16N2O. The zero-order valence-corrected chi connectivity index (χ0v) is 9.28. The molecule has 3 rings (SSSR count). The summed E-state index contributed by atoms with van der Waals surface area (Å²) in [5.41, 5.74) is 8.37. The van der Waals surface area contributed by atoms with Gasteiger partial charge in [0, 0.05) is 24.3 Å². The molecule has 1 amide bonds. The van der Waals surface area contributed by atoms with Crippen LogP contribution in [0.25, 0.3) is 0 Å². The minimum atomic E-state index is 0.167. The number of carbonyl (C=O) groups is 1. The molecule has 84 valence electrons. The van der Waals surface area contributed by atoms with Crippen LogP contribution in [0.3, 0.4) is 0 Å². The van der Waals surface area contributed by atoms with Gasteiger partial charge in [0.15, 0.2) is 0 Å². The molecule has 0 bridgehead atoms. The molecule has 0 atom stereocenters. The van der Waals surface area contributed by atoms with E-state index in [9.17, 15) is 4.79 Å². The first-order valence-electron chi connectivity index (χ1n) is 5.92. The molecule has 0 aromatic heterocycles. The molecule has 0 spiro atoms. The molecular weight excluding hydrogens is 200 g/mol. The number of fused-ring (bicyclic) bond motifs is 1. The van der Waals surface area contributed by atoms with Gasteiger partial charge in [-0.1, -0.05) is 6.07 Å². The summed E-state index contributed by atoms with van der Waals surface area (Å²) in [5.74, 6) is 0.923. The van der Waals surface area contributed by atoms with Crippen LogP contribution in [0.5, 0.6) is 0 Å². The SMILES string of the molecule is Nc1ccc2c(c1)C(=O)N(CC1CC1)CC2. The van der Waals surface area contributed by atoms with E-state index in [1.54, 1.807) is 0 Å². The summed E-state index contributed by atoms with van der Waals surface area (Å²) in [5, 5.41) is 0. The van der Waals surface area contributed by atoms with Crippen LogP contribution in [0.15, 0.2) is 18.2 Å². The monoisotopic (exact) mass is 216 g/mol. The molecule has 1 aliphatic heterocycles. The van der Waals surface area contributed by atoms with E-state index < -0.39 is 0 Å². The van der Waals surface area contributed by atoms with Crippen LogP contribution in [0.2, 0.25) is 0 Å². The number of carbonyl (C=O) groups excluding carboxylic acids is 1. The number of hydrogen-bond donors (Lipinski definition) is 1. The second-order valence-electron chi connectivity index (χ2n) is 4.86. The normalized spacial score (nSPS) is 19.8. The van der Waals surface area contributed by atoms with Gasteiger partial charge in [0.1, 0.15) is 0 Å². The Labute approximate surface area is 95.2 Å². The Kier molecular flexibility index (Phi) is 2.13. The first-order chi connectivity index (χ1) is 7.74. The number of nitrogen functional groups attached to an aromatic ring is 1. The average molecular weight is 216 g/mol. The molecule has 0 unspecified atom stereocenters. The molecule has 1 aliphatic carbocycles. The first kappa shape index (κ1) is 9.70. The van der Waals surface area contributed by atoms with E-state index >= 15 is 0 Å². The van der Waals surface area contributed by atoms with Crippen molar-refractivity contribution < 1.29 is 4.79 Å². The Morgan fingerprint density at radius 3 is 2.94 bits per heavy atom. The number of nitrogens with zero attached hydrogens (tertiary/aromatic N) is 1. The van der Waals surface area contributed by atoms with Crippen LogP contribution in [0, 0.1) is 5.92 Å². The van der Waals surface area contributed by atoms with Crippen LogP contribution in [0.1, 0.15) is 28.8 Å². The Balaban J connectivity index is 1.87. The predicted octanol–water partition coefficient (Wildman–Crippen LogP) is 1.68. The summed E-state index contributed by atoms with van der Waals surface area (Å²) >= 11 is 0. The highest BCUT2D eigenvalue weighted by atomic mass is 16.2. The third kappa shape index (κ3) is 1.66. The lowest BCUT2D eigenvalue weighted by molar-refractivity contribution is 0.0732. The molecule has 2 N–H and O–H groups in total. The van der Waals surface area contributed by atoms with Crippen LogP contribution >= 0.6 is 0 Å². The van der Waals surface area contributed by atoms with Crippen LogP contribution < -0.4 is 5.73 Å². The van der Waals surface area contributed by atoms with E-state index in [-0.39, 0.29) is 5.91 Å². The maximum Gasteiger partial charge on any atom is 0.254 e. The second-order valence-corrected chi connectivity index (χ2v) is 4.86. The lowest BCUT2D eigenvalue weighted by Gasteiger charge is -2.28. The van der Waals surface area contributed by atoms with Crippen molar-refractivity contribution in [1.82, 2.24) is 4.90 Å². The van der Waals surface area contributed by atoms with Crippen LogP contribution in [-0.4, -0.2) is 23.9 Å². The van der Waals surface area contributed by atoms with Gasteiger partial charge in [0.2, 0.25) is 0 Å². The van der Waals surface area contributed by atoms with Crippen molar-refractivity contribution in [2.45, 2.75) is 19.3 Å². The number of rotatable bonds is 2. The van der Waals surface area contributed by atoms with Gasteiger partial charge in [-0.2, -0.15) is 0 Å². The highest BCUT2D eigenvalue weighted by Gasteiger charge is 2.30. The standard InChI is InChI=1S/C13H16N2O/c14-11-4-3-10-5-6-15(8-9-1-2-9)13(16)12(10)7-11/h3-4,7,9H,1-2,5-6,8,14H2. The molecule has 3 heteroatoms. The predicted molar refractivity (Wildman–Crippen MR) is 63.2 cm³/mol. The van der Waals surface area contributed by atoms with Gasteiger partial charge in [-0.05, 0) is 42.9 Å². The number of nitrogens with two attached hydrogens (primary N) is 1. The lowest BCUT2D eigenvalue weighted by atomic mass is 9.98. The summed E-state index contributed by atoms with van der Waals surface area (Å²) in [6.07, 6.45) is 3.54. The molecule has 1 aromatic carbocycles. The molecule has 0 saturated heterocycles. The Morgan fingerprint density at radius 1 is 1.38 bits per heavy atom. The second kappa shape index (κ2) is 3.51. The fourth-order valence-electron chi connectivity index (χ4n) is 2.32. The van der Waals surface area contributed by atoms with E-state index in [2.05, 4.69) is 0 Å². The van der Waals surface area contributed by atoms with Crippen molar-refractivity contribution in [2.75, 3.05) is 18.8 Å².